The molecule has 66 valence electrons. The van der Waals surface area contributed by atoms with Crippen LogP contribution in [0.1, 0.15) is 12.1 Å². The van der Waals surface area contributed by atoms with Crippen LogP contribution < -0.4 is 0 Å². The van der Waals surface area contributed by atoms with Crippen LogP contribution in [0.4, 0.5) is 0 Å². The van der Waals surface area contributed by atoms with Crippen LogP contribution >= 0.6 is 15.9 Å². The van der Waals surface area contributed by atoms with E-state index in [1.807, 2.05) is 6.92 Å². The van der Waals surface area contributed by atoms with Crippen LogP contribution in [0.3, 0.4) is 0 Å². The van der Waals surface area contributed by atoms with Gasteiger partial charge in [0.25, 0.3) is 0 Å². The zero-order valence-corrected chi connectivity index (χ0v) is 8.08. The molecule has 1 heterocycles. The summed E-state index contributed by atoms with van der Waals surface area (Å²) in [5, 5.41) is 15.9. The van der Waals surface area contributed by atoms with Crippen molar-refractivity contribution in [2.45, 2.75) is 19.9 Å². The number of nitrogens with zero attached hydrogens (tertiary/aromatic N) is 3. The number of halogens is 1. The molecule has 0 spiro atoms. The zero-order chi connectivity index (χ0) is 9.14. The highest BCUT2D eigenvalue weighted by Crippen LogP contribution is 2.10. The van der Waals surface area contributed by atoms with E-state index in [-0.39, 0.29) is 6.42 Å². The first-order valence-corrected chi connectivity index (χ1v) is 4.18. The van der Waals surface area contributed by atoms with Gasteiger partial charge >= 0.3 is 5.97 Å². The summed E-state index contributed by atoms with van der Waals surface area (Å²) in [7, 11) is 0. The van der Waals surface area contributed by atoms with Crippen LogP contribution in [0.25, 0.3) is 0 Å². The van der Waals surface area contributed by atoms with Gasteiger partial charge in [-0.2, -0.15) is 0 Å². The molecule has 0 saturated carbocycles. The smallest absolute Gasteiger partial charge is 0.305 e. The minimum absolute atomic E-state index is 0.0661. The Bertz CT molecular complexity index is 297. The third-order valence-electron chi connectivity index (χ3n) is 1.46. The van der Waals surface area contributed by atoms with Gasteiger partial charge in [0.05, 0.1) is 18.7 Å². The van der Waals surface area contributed by atoms with Gasteiger partial charge in [0.1, 0.15) is 0 Å². The van der Waals surface area contributed by atoms with Crippen molar-refractivity contribution in [1.82, 2.24) is 15.0 Å². The summed E-state index contributed by atoms with van der Waals surface area (Å²) in [5.74, 6) is -0.832. The molecule has 6 heteroatoms. The third-order valence-corrected chi connectivity index (χ3v) is 2.20. The molecule has 0 bridgehead atoms. The number of rotatable bonds is 3. The lowest BCUT2D eigenvalue weighted by Crippen LogP contribution is -2.07. The second-order valence-corrected chi connectivity index (χ2v) is 3.08. The number of aliphatic carboxylic acids is 1. The quantitative estimate of drug-likeness (QED) is 0.840. The van der Waals surface area contributed by atoms with Crippen LogP contribution in [-0.2, 0) is 11.3 Å². The van der Waals surface area contributed by atoms with Crippen LogP contribution in [-0.4, -0.2) is 26.1 Å². The highest BCUT2D eigenvalue weighted by atomic mass is 79.9. The van der Waals surface area contributed by atoms with Crippen molar-refractivity contribution in [2.24, 2.45) is 0 Å². The van der Waals surface area contributed by atoms with E-state index in [0.717, 1.165) is 5.69 Å². The van der Waals surface area contributed by atoms with Gasteiger partial charge in [-0.15, -0.1) is 5.10 Å². The highest BCUT2D eigenvalue weighted by Gasteiger charge is 2.06. The minimum Gasteiger partial charge on any atom is -0.481 e. The van der Waals surface area contributed by atoms with Gasteiger partial charge in [-0.1, -0.05) is 5.21 Å². The maximum Gasteiger partial charge on any atom is 0.305 e. The summed E-state index contributed by atoms with van der Waals surface area (Å²) in [6.07, 6.45) is 0.0661. The molecule has 0 radical (unpaired) electrons. The van der Waals surface area contributed by atoms with Crippen molar-refractivity contribution in [3.63, 3.8) is 0 Å². The molecule has 0 aromatic carbocycles. The first-order chi connectivity index (χ1) is 5.61. The number of carbonyl (C=O) groups is 1. The lowest BCUT2D eigenvalue weighted by Gasteiger charge is -1.98. The molecule has 0 unspecified atom stereocenters. The van der Waals surface area contributed by atoms with E-state index >= 15 is 0 Å². The second kappa shape index (κ2) is 3.66. The Hall–Kier alpha value is -0.910. The van der Waals surface area contributed by atoms with Crippen LogP contribution in [0.5, 0.6) is 0 Å². The fourth-order valence-electron chi connectivity index (χ4n) is 0.753. The fraction of sp³-hybridized carbons (Fsp3) is 0.500. The molecular formula is C6H8BrN3O2. The largest absolute Gasteiger partial charge is 0.481 e. The zero-order valence-electron chi connectivity index (χ0n) is 6.49. The molecule has 1 aromatic rings. The van der Waals surface area contributed by atoms with Crippen LogP contribution in [0, 0.1) is 6.92 Å². The molecule has 1 N–H and O–H groups in total. The topological polar surface area (TPSA) is 68.0 Å². The van der Waals surface area contributed by atoms with E-state index in [0.29, 0.717) is 11.1 Å². The summed E-state index contributed by atoms with van der Waals surface area (Å²) < 4.78 is 2.21. The SMILES string of the molecule is Cc1c(Br)nnn1CCC(=O)O. The number of carboxylic acid groups (broad SMARTS) is 1. The van der Waals surface area contributed by atoms with E-state index in [1.54, 1.807) is 4.68 Å². The van der Waals surface area contributed by atoms with E-state index in [4.69, 9.17) is 5.11 Å². The van der Waals surface area contributed by atoms with Gasteiger partial charge in [-0.25, -0.2) is 4.68 Å². The van der Waals surface area contributed by atoms with Gasteiger partial charge in [-0.05, 0) is 22.9 Å². The monoisotopic (exact) mass is 233 g/mol. The number of aromatic nitrogens is 3. The number of hydrogen-bond donors (Lipinski definition) is 1. The molecule has 0 fully saturated rings. The molecule has 0 amide bonds. The van der Waals surface area contributed by atoms with Crippen molar-refractivity contribution in [2.75, 3.05) is 0 Å². The normalized spacial score (nSPS) is 10.2. The fourth-order valence-corrected chi connectivity index (χ4v) is 1.03. The number of hydrogen-bond acceptors (Lipinski definition) is 3. The molecule has 1 rings (SSSR count). The summed E-state index contributed by atoms with van der Waals surface area (Å²) in [6, 6.07) is 0. The average Bonchev–Trinajstić information content (AvgIpc) is 2.30. The molecule has 1 aromatic heterocycles. The maximum absolute atomic E-state index is 10.2. The Morgan fingerprint density at radius 1 is 1.75 bits per heavy atom. The lowest BCUT2D eigenvalue weighted by molar-refractivity contribution is -0.137. The first kappa shape index (κ1) is 9.18. The molecule has 0 aliphatic rings. The Morgan fingerprint density at radius 2 is 2.42 bits per heavy atom. The Balaban J connectivity index is 2.63. The Labute approximate surface area is 77.5 Å². The molecule has 12 heavy (non-hydrogen) atoms. The van der Waals surface area contributed by atoms with Gasteiger partial charge in [0.15, 0.2) is 4.60 Å². The second-order valence-electron chi connectivity index (χ2n) is 2.33. The van der Waals surface area contributed by atoms with Crippen molar-refractivity contribution >= 4 is 21.9 Å². The van der Waals surface area contributed by atoms with Crippen molar-refractivity contribution in [1.29, 1.82) is 0 Å². The predicted octanol–water partition coefficient (Wildman–Crippen LogP) is 0.824. The number of carboxylic acids is 1. The predicted molar refractivity (Wildman–Crippen MR) is 44.7 cm³/mol. The van der Waals surface area contributed by atoms with Gasteiger partial charge in [-0.3, -0.25) is 4.79 Å². The van der Waals surface area contributed by atoms with E-state index in [9.17, 15) is 4.79 Å². The summed E-state index contributed by atoms with van der Waals surface area (Å²) in [4.78, 5) is 10.2. The average molecular weight is 234 g/mol. The van der Waals surface area contributed by atoms with Crippen molar-refractivity contribution in [3.05, 3.63) is 10.3 Å². The summed E-state index contributed by atoms with van der Waals surface area (Å²) in [5.41, 5.74) is 0.844. The highest BCUT2D eigenvalue weighted by molar-refractivity contribution is 9.10. The lowest BCUT2D eigenvalue weighted by atomic mass is 10.4. The summed E-state index contributed by atoms with van der Waals surface area (Å²) >= 11 is 3.18. The minimum atomic E-state index is -0.832. The molecule has 5 nitrogen and oxygen atoms in total. The molecular weight excluding hydrogens is 226 g/mol. The molecule has 0 aliphatic carbocycles. The Kier molecular flexibility index (Phi) is 2.80. The number of aryl methyl sites for hydroxylation is 1. The van der Waals surface area contributed by atoms with Crippen LogP contribution in [0.15, 0.2) is 4.60 Å². The molecule has 0 saturated heterocycles. The Morgan fingerprint density at radius 3 is 2.83 bits per heavy atom. The third kappa shape index (κ3) is 2.04. The van der Waals surface area contributed by atoms with Gasteiger partial charge in [0, 0.05) is 0 Å². The van der Waals surface area contributed by atoms with Crippen molar-refractivity contribution in [3.8, 4) is 0 Å². The summed E-state index contributed by atoms with van der Waals surface area (Å²) in [6.45, 7) is 2.19. The van der Waals surface area contributed by atoms with E-state index in [2.05, 4.69) is 26.2 Å². The van der Waals surface area contributed by atoms with Crippen LogP contribution in [0.2, 0.25) is 0 Å². The van der Waals surface area contributed by atoms with Crippen molar-refractivity contribution < 1.29 is 9.90 Å². The maximum atomic E-state index is 10.2. The van der Waals surface area contributed by atoms with Gasteiger partial charge < -0.3 is 5.11 Å². The first-order valence-electron chi connectivity index (χ1n) is 3.38. The molecule has 0 aliphatic heterocycles. The standard InChI is InChI=1S/C6H8BrN3O2/c1-4-6(7)8-9-10(4)3-2-5(11)12/h2-3H2,1H3,(H,11,12). The van der Waals surface area contributed by atoms with E-state index in [1.165, 1.54) is 0 Å². The molecule has 0 atom stereocenters. The van der Waals surface area contributed by atoms with E-state index < -0.39 is 5.97 Å². The van der Waals surface area contributed by atoms with Gasteiger partial charge in [0.2, 0.25) is 0 Å².